The zero-order valence-electron chi connectivity index (χ0n) is 5.77. The van der Waals surface area contributed by atoms with E-state index in [-0.39, 0.29) is 4.90 Å². The molecule has 0 saturated carbocycles. The topological polar surface area (TPSA) is 77.9 Å². The molecule has 60 valence electrons. The van der Waals surface area contributed by atoms with Gasteiger partial charge in [0.15, 0.2) is 0 Å². The van der Waals surface area contributed by atoms with Crippen LogP contribution in [-0.4, -0.2) is 25.8 Å². The first-order chi connectivity index (χ1) is 5.24. The van der Waals surface area contributed by atoms with Crippen LogP contribution in [0.1, 0.15) is 0 Å². The van der Waals surface area contributed by atoms with Gasteiger partial charge in [-0.2, -0.15) is 0 Å². The van der Waals surface area contributed by atoms with Crippen LogP contribution in [0.25, 0.3) is 0 Å². The lowest BCUT2D eigenvalue weighted by Gasteiger charge is -2.03. The number of hydrogen-bond acceptors (Lipinski definition) is 5. The standard InChI is InChI=1S/C5H7N3O2S/c1-6-5-7-2-4(3-8-5)11(9)10/h2-3H,1H3,(H,9,10)(H,6,7,8)/p-1. The SMILES string of the molecule is CNc1ncc(S(=O)[O-])cn1. The van der Waals surface area contributed by atoms with Crippen LogP contribution in [0.15, 0.2) is 17.3 Å². The fourth-order valence-electron chi connectivity index (χ4n) is 0.531. The molecule has 0 aliphatic carbocycles. The first kappa shape index (κ1) is 8.09. The molecular weight excluding hydrogens is 166 g/mol. The molecule has 0 aliphatic rings. The van der Waals surface area contributed by atoms with Crippen molar-refractivity contribution in [1.82, 2.24) is 9.97 Å². The summed E-state index contributed by atoms with van der Waals surface area (Å²) in [6, 6.07) is 0. The van der Waals surface area contributed by atoms with E-state index in [4.69, 9.17) is 0 Å². The Labute approximate surface area is 66.2 Å². The summed E-state index contributed by atoms with van der Waals surface area (Å²) in [5.74, 6) is 0.402. The Morgan fingerprint density at radius 3 is 2.45 bits per heavy atom. The van der Waals surface area contributed by atoms with Gasteiger partial charge in [-0.05, 0) is 11.1 Å². The predicted molar refractivity (Wildman–Crippen MR) is 38.8 cm³/mol. The molecule has 1 atom stereocenters. The van der Waals surface area contributed by atoms with Gasteiger partial charge in [0.25, 0.3) is 0 Å². The number of aromatic nitrogens is 2. The molecule has 0 fully saturated rings. The van der Waals surface area contributed by atoms with Crippen LogP contribution in [-0.2, 0) is 11.1 Å². The van der Waals surface area contributed by atoms with Crippen LogP contribution < -0.4 is 5.32 Å². The van der Waals surface area contributed by atoms with E-state index >= 15 is 0 Å². The Morgan fingerprint density at radius 2 is 2.09 bits per heavy atom. The summed E-state index contributed by atoms with van der Waals surface area (Å²) in [4.78, 5) is 7.49. The fraction of sp³-hybridized carbons (Fsp3) is 0.200. The average Bonchev–Trinajstić information content (AvgIpc) is 2.05. The Morgan fingerprint density at radius 1 is 1.55 bits per heavy atom. The van der Waals surface area contributed by atoms with E-state index in [2.05, 4.69) is 15.3 Å². The predicted octanol–water partition coefficient (Wildman–Crippen LogP) is -0.244. The van der Waals surface area contributed by atoms with Crippen molar-refractivity contribution >= 4 is 17.0 Å². The second kappa shape index (κ2) is 3.40. The molecule has 0 amide bonds. The summed E-state index contributed by atoms with van der Waals surface area (Å²) < 4.78 is 20.6. The summed E-state index contributed by atoms with van der Waals surface area (Å²) in [5.41, 5.74) is 0. The molecule has 0 aromatic carbocycles. The van der Waals surface area contributed by atoms with E-state index in [9.17, 15) is 8.76 Å². The molecule has 6 heteroatoms. The van der Waals surface area contributed by atoms with Crippen molar-refractivity contribution < 1.29 is 8.76 Å². The zero-order valence-corrected chi connectivity index (χ0v) is 6.59. The number of hydrogen-bond donors (Lipinski definition) is 1. The lowest BCUT2D eigenvalue weighted by molar-refractivity contribution is 0.536. The Balaban J connectivity index is 2.91. The van der Waals surface area contributed by atoms with E-state index in [1.54, 1.807) is 7.05 Å². The number of nitrogens with one attached hydrogen (secondary N) is 1. The molecule has 1 heterocycles. The number of rotatable bonds is 2. The molecule has 1 unspecified atom stereocenters. The molecular formula is C5H6N3O2S-. The van der Waals surface area contributed by atoms with Crippen LogP contribution in [0.4, 0.5) is 5.95 Å². The molecule has 0 radical (unpaired) electrons. The third-order valence-corrected chi connectivity index (χ3v) is 1.64. The van der Waals surface area contributed by atoms with Crippen LogP contribution in [0.3, 0.4) is 0 Å². The monoisotopic (exact) mass is 172 g/mol. The van der Waals surface area contributed by atoms with Crippen molar-refractivity contribution in [3.8, 4) is 0 Å². The van der Waals surface area contributed by atoms with Crippen molar-refractivity contribution in [3.05, 3.63) is 12.4 Å². The Kier molecular flexibility index (Phi) is 2.50. The maximum atomic E-state index is 10.3. The normalized spacial score (nSPS) is 12.5. The molecule has 1 aromatic rings. The molecule has 5 nitrogen and oxygen atoms in total. The summed E-state index contributed by atoms with van der Waals surface area (Å²) >= 11 is -2.24. The molecule has 1 aromatic heterocycles. The molecule has 1 rings (SSSR count). The van der Waals surface area contributed by atoms with E-state index in [0.29, 0.717) is 5.95 Å². The van der Waals surface area contributed by atoms with Crippen LogP contribution >= 0.6 is 0 Å². The van der Waals surface area contributed by atoms with Gasteiger partial charge in [-0.25, -0.2) is 9.97 Å². The third kappa shape index (κ3) is 1.95. The van der Waals surface area contributed by atoms with E-state index in [1.165, 1.54) is 12.4 Å². The van der Waals surface area contributed by atoms with Crippen molar-refractivity contribution in [3.63, 3.8) is 0 Å². The first-order valence-electron chi connectivity index (χ1n) is 2.83. The van der Waals surface area contributed by atoms with Gasteiger partial charge >= 0.3 is 0 Å². The smallest absolute Gasteiger partial charge is 0.222 e. The van der Waals surface area contributed by atoms with E-state index < -0.39 is 11.1 Å². The maximum absolute atomic E-state index is 10.3. The summed E-state index contributed by atoms with van der Waals surface area (Å²) in [5, 5.41) is 2.67. The minimum atomic E-state index is -2.24. The lowest BCUT2D eigenvalue weighted by atomic mass is 10.7. The van der Waals surface area contributed by atoms with Gasteiger partial charge in [0.2, 0.25) is 5.95 Å². The van der Waals surface area contributed by atoms with Crippen LogP contribution in [0.2, 0.25) is 0 Å². The molecule has 11 heavy (non-hydrogen) atoms. The highest BCUT2D eigenvalue weighted by Crippen LogP contribution is 2.01. The van der Waals surface area contributed by atoms with Gasteiger partial charge in [0.1, 0.15) is 0 Å². The molecule has 0 spiro atoms. The molecule has 0 saturated heterocycles. The van der Waals surface area contributed by atoms with Gasteiger partial charge in [0, 0.05) is 19.4 Å². The quantitative estimate of drug-likeness (QED) is 0.623. The lowest BCUT2D eigenvalue weighted by Crippen LogP contribution is -1.97. The summed E-state index contributed by atoms with van der Waals surface area (Å²) in [7, 11) is 1.66. The second-order valence-corrected chi connectivity index (χ2v) is 2.67. The van der Waals surface area contributed by atoms with Crippen molar-refractivity contribution in [2.24, 2.45) is 0 Å². The molecule has 0 bridgehead atoms. The van der Waals surface area contributed by atoms with Crippen LogP contribution in [0, 0.1) is 0 Å². The second-order valence-electron chi connectivity index (χ2n) is 1.73. The fourth-order valence-corrected chi connectivity index (χ4v) is 0.809. The van der Waals surface area contributed by atoms with E-state index in [0.717, 1.165) is 0 Å². The first-order valence-corrected chi connectivity index (χ1v) is 3.90. The summed E-state index contributed by atoms with van der Waals surface area (Å²) in [6.07, 6.45) is 2.48. The van der Waals surface area contributed by atoms with Gasteiger partial charge in [-0.15, -0.1) is 0 Å². The third-order valence-electron chi connectivity index (χ3n) is 1.04. The minimum absolute atomic E-state index is 0.0870. The largest absolute Gasteiger partial charge is 0.768 e. The van der Waals surface area contributed by atoms with Gasteiger partial charge < -0.3 is 9.87 Å². The Hall–Kier alpha value is -1.01. The van der Waals surface area contributed by atoms with Crippen molar-refractivity contribution in [1.29, 1.82) is 0 Å². The zero-order chi connectivity index (χ0) is 8.27. The van der Waals surface area contributed by atoms with Gasteiger partial charge in [0.05, 0.1) is 4.90 Å². The van der Waals surface area contributed by atoms with Crippen molar-refractivity contribution in [2.45, 2.75) is 4.90 Å². The number of anilines is 1. The highest BCUT2D eigenvalue weighted by Gasteiger charge is 1.93. The number of nitrogens with zero attached hydrogens (tertiary/aromatic N) is 2. The maximum Gasteiger partial charge on any atom is 0.222 e. The van der Waals surface area contributed by atoms with Gasteiger partial charge in [-0.1, -0.05) is 0 Å². The molecule has 1 N–H and O–H groups in total. The molecule has 0 aliphatic heterocycles. The average molecular weight is 172 g/mol. The Bertz CT molecular complexity index is 261. The van der Waals surface area contributed by atoms with Crippen molar-refractivity contribution in [2.75, 3.05) is 12.4 Å². The van der Waals surface area contributed by atoms with Gasteiger partial charge in [-0.3, -0.25) is 4.21 Å². The minimum Gasteiger partial charge on any atom is -0.768 e. The highest BCUT2D eigenvalue weighted by atomic mass is 32.2. The van der Waals surface area contributed by atoms with Crippen LogP contribution in [0.5, 0.6) is 0 Å². The van der Waals surface area contributed by atoms with E-state index in [1.807, 2.05) is 0 Å². The highest BCUT2D eigenvalue weighted by molar-refractivity contribution is 7.79. The summed E-state index contributed by atoms with van der Waals surface area (Å²) in [6.45, 7) is 0.